The first-order valence-electron chi connectivity index (χ1n) is 28.1. The summed E-state index contributed by atoms with van der Waals surface area (Å²) in [6.45, 7) is 2.31. The minimum Gasteiger partial charge on any atom is -0.462 e. The lowest BCUT2D eigenvalue weighted by Gasteiger charge is -2.20. The first-order valence-corrected chi connectivity index (χ1v) is 29.6. The minimum absolute atomic E-state index is 0.175. The predicted molar refractivity (Wildman–Crippen MR) is 284 cm³/mol. The number of phosphoric ester groups is 1. The Morgan fingerprint density at radius 3 is 1.22 bits per heavy atom. The van der Waals surface area contributed by atoms with E-state index in [-0.39, 0.29) is 19.4 Å². The van der Waals surface area contributed by atoms with Crippen LogP contribution in [-0.4, -0.2) is 65.7 Å². The van der Waals surface area contributed by atoms with Crippen molar-refractivity contribution in [3.63, 3.8) is 0 Å². The maximum Gasteiger partial charge on any atom is 0.472 e. The smallest absolute Gasteiger partial charge is 0.462 e. The van der Waals surface area contributed by atoms with Crippen LogP contribution in [0.3, 0.4) is 0 Å². The van der Waals surface area contributed by atoms with Gasteiger partial charge < -0.3 is 24.6 Å². The number of phosphoric acid groups is 1. The maximum atomic E-state index is 12.7. The van der Waals surface area contributed by atoms with Crippen molar-refractivity contribution in [2.45, 2.75) is 276 Å². The fraction of sp³-hybridized carbons (Fsp3) is 0.825. The van der Waals surface area contributed by atoms with Gasteiger partial charge in [-0.05, 0) is 51.4 Å². The highest BCUT2D eigenvalue weighted by molar-refractivity contribution is 7.47. The summed E-state index contributed by atoms with van der Waals surface area (Å²) in [5.74, 6) is -0.922. The second-order valence-electron chi connectivity index (χ2n) is 18.9. The predicted octanol–water partition coefficient (Wildman–Crippen LogP) is 16.4. The van der Waals surface area contributed by atoms with Crippen LogP contribution in [0.5, 0.6) is 0 Å². The molecule has 0 heterocycles. The number of unbranched alkanes of at least 4 members (excludes halogenated alkanes) is 31. The summed E-state index contributed by atoms with van der Waals surface area (Å²) in [7, 11) is -4.63. The lowest BCUT2D eigenvalue weighted by atomic mass is 10.0. The number of hydrogen-bond donors (Lipinski definition) is 3. The van der Waals surface area contributed by atoms with Gasteiger partial charge in [-0.2, -0.15) is 0 Å². The van der Waals surface area contributed by atoms with Crippen molar-refractivity contribution in [3.05, 3.63) is 48.6 Å². The number of rotatable bonds is 53. The van der Waals surface area contributed by atoms with Gasteiger partial charge in [-0.25, -0.2) is 4.57 Å². The molecule has 11 heteroatoms. The fourth-order valence-corrected chi connectivity index (χ4v) is 8.78. The largest absolute Gasteiger partial charge is 0.472 e. The summed E-state index contributed by atoms with van der Waals surface area (Å²) < 4.78 is 33.0. The Labute approximate surface area is 417 Å². The highest BCUT2D eigenvalue weighted by atomic mass is 31.2. The standard InChI is InChI=1S/C57H105O10P/c1-3-5-7-9-11-13-15-17-19-21-23-25-26-27-29-30-32-34-36-38-40-42-44-46-48-56(60)64-52-55(53-66-68(62,63)65-51-54(59)50-58)67-57(61)49-47-45-43-41-39-37-35-33-31-28-24-22-20-18-16-14-12-10-8-6-4-2/h6,8,12,14,18,20,24,28,54-55,58-59H,3-5,7,9-11,13,15-17,19,21-23,25-27,29-53H2,1-2H3,(H,62,63)/b8-6-,14-12-,20-18-,28-24-. The summed E-state index contributed by atoms with van der Waals surface area (Å²) in [5.41, 5.74) is 0. The van der Waals surface area contributed by atoms with Crippen molar-refractivity contribution in [1.82, 2.24) is 0 Å². The Kier molecular flexibility index (Phi) is 51.1. The van der Waals surface area contributed by atoms with Crippen LogP contribution in [0.1, 0.15) is 264 Å². The van der Waals surface area contributed by atoms with Crippen molar-refractivity contribution in [1.29, 1.82) is 0 Å². The van der Waals surface area contributed by atoms with E-state index >= 15 is 0 Å². The molecule has 0 spiro atoms. The van der Waals surface area contributed by atoms with Crippen LogP contribution >= 0.6 is 7.82 Å². The van der Waals surface area contributed by atoms with E-state index in [1.807, 2.05) is 0 Å². The average molecular weight is 981 g/mol. The van der Waals surface area contributed by atoms with E-state index in [4.69, 9.17) is 23.6 Å². The highest BCUT2D eigenvalue weighted by Gasteiger charge is 2.27. The van der Waals surface area contributed by atoms with Gasteiger partial charge in [-0.3, -0.25) is 18.6 Å². The number of esters is 2. The molecule has 0 saturated carbocycles. The molecule has 398 valence electrons. The number of carbonyl (C=O) groups excluding carboxylic acids is 2. The molecule has 0 fully saturated rings. The Morgan fingerprint density at radius 2 is 0.809 bits per heavy atom. The number of ether oxygens (including phenoxy) is 2. The summed E-state index contributed by atoms with van der Waals surface area (Å²) in [6.07, 6.45) is 60.9. The number of carbonyl (C=O) groups is 2. The van der Waals surface area contributed by atoms with E-state index in [0.717, 1.165) is 70.6 Å². The van der Waals surface area contributed by atoms with Gasteiger partial charge in [-0.15, -0.1) is 0 Å². The van der Waals surface area contributed by atoms with Crippen molar-refractivity contribution in [3.8, 4) is 0 Å². The molecule has 0 aliphatic rings. The van der Waals surface area contributed by atoms with Gasteiger partial charge in [0.1, 0.15) is 12.7 Å². The average Bonchev–Trinajstić information content (AvgIpc) is 3.33. The van der Waals surface area contributed by atoms with Gasteiger partial charge in [-0.1, -0.05) is 249 Å². The van der Waals surface area contributed by atoms with Crippen LogP contribution in [0.4, 0.5) is 0 Å². The third kappa shape index (κ3) is 51.8. The van der Waals surface area contributed by atoms with Gasteiger partial charge in [0.2, 0.25) is 0 Å². The lowest BCUT2D eigenvalue weighted by molar-refractivity contribution is -0.161. The summed E-state index contributed by atoms with van der Waals surface area (Å²) in [6, 6.07) is 0. The molecule has 0 aromatic heterocycles. The van der Waals surface area contributed by atoms with Crippen molar-refractivity contribution < 1.29 is 47.8 Å². The second kappa shape index (κ2) is 52.7. The molecule has 0 aliphatic heterocycles. The van der Waals surface area contributed by atoms with E-state index in [2.05, 4.69) is 62.5 Å². The number of aliphatic hydroxyl groups excluding tert-OH is 2. The van der Waals surface area contributed by atoms with Crippen LogP contribution < -0.4 is 0 Å². The summed E-state index contributed by atoms with van der Waals surface area (Å²) in [4.78, 5) is 35.3. The molecule has 3 atom stereocenters. The zero-order valence-electron chi connectivity index (χ0n) is 43.8. The molecule has 3 N–H and O–H groups in total. The molecule has 0 aromatic rings. The number of allylic oxidation sites excluding steroid dienone is 8. The molecular formula is C57H105O10P. The van der Waals surface area contributed by atoms with Gasteiger partial charge in [0, 0.05) is 12.8 Å². The molecule has 0 aliphatic carbocycles. The Balaban J connectivity index is 4.10. The third-order valence-corrected chi connectivity index (χ3v) is 13.2. The van der Waals surface area contributed by atoms with Crippen molar-refractivity contribution in [2.24, 2.45) is 0 Å². The third-order valence-electron chi connectivity index (χ3n) is 12.2. The van der Waals surface area contributed by atoms with E-state index < -0.39 is 51.8 Å². The molecule has 68 heavy (non-hydrogen) atoms. The second-order valence-corrected chi connectivity index (χ2v) is 20.4. The summed E-state index contributed by atoms with van der Waals surface area (Å²) >= 11 is 0. The quantitative estimate of drug-likeness (QED) is 0.0233. The number of hydrogen-bond acceptors (Lipinski definition) is 9. The zero-order chi connectivity index (χ0) is 49.7. The van der Waals surface area contributed by atoms with E-state index in [9.17, 15) is 24.2 Å². The lowest BCUT2D eigenvalue weighted by Crippen LogP contribution is -2.29. The fourth-order valence-electron chi connectivity index (χ4n) is 7.99. The number of aliphatic hydroxyl groups is 2. The molecule has 0 radical (unpaired) electrons. The molecule has 0 bridgehead atoms. The monoisotopic (exact) mass is 981 g/mol. The van der Waals surface area contributed by atoms with E-state index in [1.165, 1.54) is 154 Å². The summed E-state index contributed by atoms with van der Waals surface area (Å²) in [5, 5.41) is 18.4. The maximum absolute atomic E-state index is 12.7. The normalized spacial score (nSPS) is 13.9. The van der Waals surface area contributed by atoms with Crippen LogP contribution in [0.25, 0.3) is 0 Å². The van der Waals surface area contributed by atoms with Crippen molar-refractivity contribution in [2.75, 3.05) is 26.4 Å². The van der Waals surface area contributed by atoms with Gasteiger partial charge in [0.25, 0.3) is 0 Å². The molecule has 0 rings (SSSR count). The van der Waals surface area contributed by atoms with Crippen LogP contribution in [-0.2, 0) is 32.7 Å². The molecule has 0 aromatic carbocycles. The first kappa shape index (κ1) is 65.9. The molecule has 0 saturated heterocycles. The Morgan fingerprint density at radius 1 is 0.456 bits per heavy atom. The van der Waals surface area contributed by atoms with Gasteiger partial charge in [0.15, 0.2) is 6.10 Å². The first-order chi connectivity index (χ1) is 33.2. The van der Waals surface area contributed by atoms with Crippen LogP contribution in [0.2, 0.25) is 0 Å². The van der Waals surface area contributed by atoms with Crippen LogP contribution in [0.15, 0.2) is 48.6 Å². The Bertz CT molecular complexity index is 1270. The minimum atomic E-state index is -4.63. The Hall–Kier alpha value is -2.07. The topological polar surface area (TPSA) is 149 Å². The molecular weight excluding hydrogens is 876 g/mol. The van der Waals surface area contributed by atoms with Crippen molar-refractivity contribution >= 4 is 19.8 Å². The SMILES string of the molecule is CC/C=C\C/C=C\C/C=C\C/C=C\CCCCCCCCCCC(=O)OC(COC(=O)CCCCCCCCCCCCCCCCCCCCCCCCCC)COP(=O)(O)OCC(O)CO. The van der Waals surface area contributed by atoms with Gasteiger partial charge in [0.05, 0.1) is 19.8 Å². The van der Waals surface area contributed by atoms with Gasteiger partial charge >= 0.3 is 19.8 Å². The van der Waals surface area contributed by atoms with E-state index in [0.29, 0.717) is 12.8 Å². The molecule has 3 unspecified atom stereocenters. The highest BCUT2D eigenvalue weighted by Crippen LogP contribution is 2.43. The molecule has 10 nitrogen and oxygen atoms in total. The van der Waals surface area contributed by atoms with Crippen LogP contribution in [0, 0.1) is 0 Å². The zero-order valence-corrected chi connectivity index (χ0v) is 44.7. The van der Waals surface area contributed by atoms with E-state index in [1.54, 1.807) is 0 Å². The molecule has 0 amide bonds.